The topological polar surface area (TPSA) is 52.6 Å². The van der Waals surface area contributed by atoms with Crippen molar-refractivity contribution in [3.8, 4) is 0 Å². The van der Waals surface area contributed by atoms with Gasteiger partial charge >= 0.3 is 0 Å². The Hall–Kier alpha value is -1.39. The number of aryl methyl sites for hydroxylation is 1. The summed E-state index contributed by atoms with van der Waals surface area (Å²) >= 11 is 0. The van der Waals surface area contributed by atoms with Crippen LogP contribution in [0, 0.1) is 12.3 Å². The summed E-state index contributed by atoms with van der Waals surface area (Å²) in [7, 11) is 0. The van der Waals surface area contributed by atoms with Crippen molar-refractivity contribution in [3.63, 3.8) is 0 Å². The monoisotopic (exact) mass is 292 g/mol. The summed E-state index contributed by atoms with van der Waals surface area (Å²) in [6, 6.07) is 7.78. The molecule has 0 bridgehead atoms. The lowest BCUT2D eigenvalue weighted by atomic mass is 9.96. The number of rotatable bonds is 7. The summed E-state index contributed by atoms with van der Waals surface area (Å²) in [6.45, 7) is 10.5. The smallest absolute Gasteiger partial charge is 0.238 e. The molecule has 0 unspecified atom stereocenters. The minimum absolute atomic E-state index is 0.0129. The highest BCUT2D eigenvalue weighted by Gasteiger charge is 2.18. The van der Waals surface area contributed by atoms with E-state index in [1.54, 1.807) is 0 Å². The summed E-state index contributed by atoms with van der Waals surface area (Å²) in [5, 5.41) is 11.9. The van der Waals surface area contributed by atoms with Crippen LogP contribution in [0.5, 0.6) is 0 Å². The van der Waals surface area contributed by atoms with Gasteiger partial charge in [0.15, 0.2) is 0 Å². The molecule has 0 saturated heterocycles. The van der Waals surface area contributed by atoms with Crippen LogP contribution in [0.15, 0.2) is 24.3 Å². The maximum atomic E-state index is 12.1. The van der Waals surface area contributed by atoms with Crippen LogP contribution >= 0.6 is 0 Å². The zero-order chi connectivity index (χ0) is 15.9. The molecular formula is C17H28N2O2. The molecule has 0 radical (unpaired) electrons. The average molecular weight is 292 g/mol. The standard InChI is InChI=1S/C17H28N2O2/c1-14-6-8-15(9-7-14)18-16(21)12-19(10-5-11-20)13-17(2,3)4/h6-9,20H,5,10-13H2,1-4H3,(H,18,21). The first-order chi connectivity index (χ1) is 9.80. The Bertz CT molecular complexity index is 435. The molecule has 0 fully saturated rings. The van der Waals surface area contributed by atoms with Crippen molar-refractivity contribution in [1.82, 2.24) is 4.90 Å². The maximum Gasteiger partial charge on any atom is 0.238 e. The fraction of sp³-hybridized carbons (Fsp3) is 0.588. The number of nitrogens with zero attached hydrogens (tertiary/aromatic N) is 1. The molecule has 4 nitrogen and oxygen atoms in total. The van der Waals surface area contributed by atoms with E-state index in [2.05, 4.69) is 31.0 Å². The van der Waals surface area contributed by atoms with E-state index in [-0.39, 0.29) is 17.9 Å². The third-order valence-corrected chi connectivity index (χ3v) is 3.03. The molecule has 0 aliphatic carbocycles. The molecule has 4 heteroatoms. The van der Waals surface area contributed by atoms with Gasteiger partial charge in [-0.25, -0.2) is 0 Å². The number of carbonyl (C=O) groups excluding carboxylic acids is 1. The first kappa shape index (κ1) is 17.7. The van der Waals surface area contributed by atoms with Gasteiger partial charge < -0.3 is 10.4 Å². The number of amides is 1. The Labute approximate surface area is 128 Å². The molecule has 0 heterocycles. The Morgan fingerprint density at radius 3 is 2.38 bits per heavy atom. The van der Waals surface area contributed by atoms with Gasteiger partial charge in [0.2, 0.25) is 5.91 Å². The van der Waals surface area contributed by atoms with Crippen LogP contribution < -0.4 is 5.32 Å². The molecule has 21 heavy (non-hydrogen) atoms. The SMILES string of the molecule is Cc1ccc(NC(=O)CN(CCCO)CC(C)(C)C)cc1. The van der Waals surface area contributed by atoms with Crippen LogP contribution in [0.4, 0.5) is 5.69 Å². The summed E-state index contributed by atoms with van der Waals surface area (Å²) in [6.07, 6.45) is 0.688. The number of aliphatic hydroxyl groups excluding tert-OH is 1. The molecule has 1 aromatic carbocycles. The predicted molar refractivity (Wildman–Crippen MR) is 87.4 cm³/mol. The van der Waals surface area contributed by atoms with E-state index in [1.165, 1.54) is 5.56 Å². The highest BCUT2D eigenvalue weighted by atomic mass is 16.3. The van der Waals surface area contributed by atoms with E-state index in [0.717, 1.165) is 18.8 Å². The molecular weight excluding hydrogens is 264 g/mol. The average Bonchev–Trinajstić information content (AvgIpc) is 2.37. The van der Waals surface area contributed by atoms with Gasteiger partial charge in [-0.05, 0) is 30.9 Å². The molecule has 1 rings (SSSR count). The lowest BCUT2D eigenvalue weighted by molar-refractivity contribution is -0.117. The maximum absolute atomic E-state index is 12.1. The lowest BCUT2D eigenvalue weighted by Gasteiger charge is -2.29. The predicted octanol–water partition coefficient (Wildman–Crippen LogP) is 2.66. The van der Waals surface area contributed by atoms with Gasteiger partial charge in [-0.15, -0.1) is 0 Å². The van der Waals surface area contributed by atoms with Crippen molar-refractivity contribution in [2.24, 2.45) is 5.41 Å². The fourth-order valence-electron chi connectivity index (χ4n) is 2.22. The Balaban J connectivity index is 2.56. The number of nitrogens with one attached hydrogen (secondary N) is 1. The van der Waals surface area contributed by atoms with E-state index in [0.29, 0.717) is 13.0 Å². The minimum atomic E-state index is -0.0129. The van der Waals surface area contributed by atoms with E-state index >= 15 is 0 Å². The van der Waals surface area contributed by atoms with Crippen LogP contribution in [0.2, 0.25) is 0 Å². The molecule has 0 aliphatic heterocycles. The second kappa shape index (κ2) is 8.15. The highest BCUT2D eigenvalue weighted by Crippen LogP contribution is 2.15. The van der Waals surface area contributed by atoms with E-state index in [9.17, 15) is 4.79 Å². The highest BCUT2D eigenvalue weighted by molar-refractivity contribution is 5.92. The molecule has 0 spiro atoms. The summed E-state index contributed by atoms with van der Waals surface area (Å²) in [4.78, 5) is 14.2. The number of hydrogen-bond acceptors (Lipinski definition) is 3. The van der Waals surface area contributed by atoms with Gasteiger partial charge in [0.1, 0.15) is 0 Å². The van der Waals surface area contributed by atoms with Crippen molar-refractivity contribution in [1.29, 1.82) is 0 Å². The van der Waals surface area contributed by atoms with Crippen molar-refractivity contribution in [2.45, 2.75) is 34.1 Å². The molecule has 0 saturated carbocycles. The molecule has 2 N–H and O–H groups in total. The normalized spacial score (nSPS) is 11.7. The number of carbonyl (C=O) groups is 1. The largest absolute Gasteiger partial charge is 0.396 e. The van der Waals surface area contributed by atoms with Crippen LogP contribution in [0.1, 0.15) is 32.8 Å². The molecule has 1 amide bonds. The Morgan fingerprint density at radius 1 is 1.24 bits per heavy atom. The Morgan fingerprint density at radius 2 is 1.86 bits per heavy atom. The van der Waals surface area contributed by atoms with Gasteiger partial charge in [-0.3, -0.25) is 9.69 Å². The third kappa shape index (κ3) is 7.83. The first-order valence-corrected chi connectivity index (χ1v) is 7.50. The zero-order valence-electron chi connectivity index (χ0n) is 13.6. The number of anilines is 1. The third-order valence-electron chi connectivity index (χ3n) is 3.03. The van der Waals surface area contributed by atoms with E-state index < -0.39 is 0 Å². The molecule has 118 valence electrons. The molecule has 0 aliphatic rings. The van der Waals surface area contributed by atoms with Crippen molar-refractivity contribution >= 4 is 11.6 Å². The number of aliphatic hydroxyl groups is 1. The van der Waals surface area contributed by atoms with Crippen LogP contribution in [0.25, 0.3) is 0 Å². The van der Waals surface area contributed by atoms with Crippen molar-refractivity contribution in [2.75, 3.05) is 31.6 Å². The lowest BCUT2D eigenvalue weighted by Crippen LogP contribution is -2.39. The van der Waals surface area contributed by atoms with Crippen molar-refractivity contribution in [3.05, 3.63) is 29.8 Å². The quantitative estimate of drug-likeness (QED) is 0.812. The van der Waals surface area contributed by atoms with E-state index in [4.69, 9.17) is 5.11 Å². The fourth-order valence-corrected chi connectivity index (χ4v) is 2.22. The Kier molecular flexibility index (Phi) is 6.85. The van der Waals surface area contributed by atoms with Gasteiger partial charge in [-0.1, -0.05) is 38.5 Å². The minimum Gasteiger partial charge on any atom is -0.396 e. The zero-order valence-corrected chi connectivity index (χ0v) is 13.6. The van der Waals surface area contributed by atoms with Gasteiger partial charge in [-0.2, -0.15) is 0 Å². The molecule has 1 aromatic rings. The summed E-state index contributed by atoms with van der Waals surface area (Å²) in [5.41, 5.74) is 2.12. The molecule has 0 atom stereocenters. The first-order valence-electron chi connectivity index (χ1n) is 7.50. The number of hydrogen-bond donors (Lipinski definition) is 2. The summed E-state index contributed by atoms with van der Waals surface area (Å²) < 4.78 is 0. The van der Waals surface area contributed by atoms with Crippen LogP contribution in [-0.2, 0) is 4.79 Å². The van der Waals surface area contributed by atoms with Gasteiger partial charge in [0.05, 0.1) is 6.54 Å². The van der Waals surface area contributed by atoms with Crippen LogP contribution in [0.3, 0.4) is 0 Å². The van der Waals surface area contributed by atoms with Gasteiger partial charge in [0, 0.05) is 25.4 Å². The van der Waals surface area contributed by atoms with E-state index in [1.807, 2.05) is 31.2 Å². The van der Waals surface area contributed by atoms with Gasteiger partial charge in [0.25, 0.3) is 0 Å². The van der Waals surface area contributed by atoms with Crippen molar-refractivity contribution < 1.29 is 9.90 Å². The number of benzene rings is 1. The second-order valence-electron chi connectivity index (χ2n) is 6.76. The summed E-state index contributed by atoms with van der Waals surface area (Å²) in [5.74, 6) is -0.0129. The second-order valence-corrected chi connectivity index (χ2v) is 6.76. The molecule has 0 aromatic heterocycles. The van der Waals surface area contributed by atoms with Crippen LogP contribution in [-0.4, -0.2) is 42.2 Å².